The molecule has 4 fully saturated rings. The molecule has 0 amide bonds. The average Bonchev–Trinajstić information content (AvgIpc) is 3.44. The van der Waals surface area contributed by atoms with Crippen LogP contribution in [0.5, 0.6) is 0 Å². The SMILES string of the molecule is CCOC[C@@]1(O)CC[C@H]2[C@H](CC[C@@H]3[C@@H]2CC[C@]2(C)[C@@H](C(CC)Cn4ccc(C#N)n4)CC[C@@H]32)C1. The van der Waals surface area contributed by atoms with Crippen molar-refractivity contribution < 1.29 is 9.84 Å². The lowest BCUT2D eigenvalue weighted by Crippen LogP contribution is -2.52. The molecule has 188 valence electrons. The summed E-state index contributed by atoms with van der Waals surface area (Å²) < 4.78 is 7.67. The number of ether oxygens (including phenoxy) is 1. The van der Waals surface area contributed by atoms with E-state index in [9.17, 15) is 5.11 Å². The molecule has 0 radical (unpaired) electrons. The van der Waals surface area contributed by atoms with Gasteiger partial charge in [0, 0.05) is 19.3 Å². The lowest BCUT2D eigenvalue weighted by Gasteiger charge is -2.57. The fourth-order valence-electron chi connectivity index (χ4n) is 9.50. The number of fused-ring (bicyclic) bond motifs is 5. The number of hydrogen-bond donors (Lipinski definition) is 1. The summed E-state index contributed by atoms with van der Waals surface area (Å²) in [4.78, 5) is 0. The number of hydrogen-bond acceptors (Lipinski definition) is 4. The molecule has 0 saturated heterocycles. The molecule has 0 aliphatic heterocycles. The van der Waals surface area contributed by atoms with Crippen molar-refractivity contribution in [1.82, 2.24) is 9.78 Å². The average molecular weight is 468 g/mol. The molecule has 4 saturated carbocycles. The van der Waals surface area contributed by atoms with Gasteiger partial charge in [-0.3, -0.25) is 4.68 Å². The van der Waals surface area contributed by atoms with Gasteiger partial charge in [-0.2, -0.15) is 10.4 Å². The smallest absolute Gasteiger partial charge is 0.162 e. The Kier molecular flexibility index (Phi) is 6.85. The van der Waals surface area contributed by atoms with Gasteiger partial charge in [0.25, 0.3) is 0 Å². The first-order chi connectivity index (χ1) is 16.4. The molecule has 9 atom stereocenters. The van der Waals surface area contributed by atoms with E-state index in [1.807, 2.05) is 23.9 Å². The Bertz CT molecular complexity index is 892. The van der Waals surface area contributed by atoms with Crippen molar-refractivity contribution in [2.75, 3.05) is 13.2 Å². The first kappa shape index (κ1) is 24.3. The van der Waals surface area contributed by atoms with Gasteiger partial charge < -0.3 is 9.84 Å². The quantitative estimate of drug-likeness (QED) is 0.549. The third-order valence-electron chi connectivity index (χ3n) is 11.0. The van der Waals surface area contributed by atoms with Crippen LogP contribution in [0, 0.1) is 58.2 Å². The Hall–Kier alpha value is -1.38. The van der Waals surface area contributed by atoms with Gasteiger partial charge in [-0.05, 0) is 118 Å². The van der Waals surface area contributed by atoms with Gasteiger partial charge in [0.15, 0.2) is 5.69 Å². The molecule has 5 heteroatoms. The summed E-state index contributed by atoms with van der Waals surface area (Å²) in [6.45, 7) is 9.16. The van der Waals surface area contributed by atoms with Crippen LogP contribution in [0.25, 0.3) is 0 Å². The van der Waals surface area contributed by atoms with Crippen LogP contribution >= 0.6 is 0 Å². The van der Waals surface area contributed by atoms with E-state index < -0.39 is 5.60 Å². The highest BCUT2D eigenvalue weighted by atomic mass is 16.5. The number of nitriles is 1. The molecule has 0 spiro atoms. The fraction of sp³-hybridized carbons (Fsp3) is 0.862. The van der Waals surface area contributed by atoms with Crippen molar-refractivity contribution in [3.8, 4) is 6.07 Å². The fourth-order valence-corrected chi connectivity index (χ4v) is 9.50. The predicted molar refractivity (Wildman–Crippen MR) is 133 cm³/mol. The summed E-state index contributed by atoms with van der Waals surface area (Å²) in [5.41, 5.74) is 0.394. The Labute approximate surface area is 206 Å². The van der Waals surface area contributed by atoms with Gasteiger partial charge in [-0.1, -0.05) is 20.3 Å². The van der Waals surface area contributed by atoms with Gasteiger partial charge in [0.2, 0.25) is 0 Å². The van der Waals surface area contributed by atoms with Crippen molar-refractivity contribution in [2.45, 2.75) is 97.1 Å². The highest BCUT2D eigenvalue weighted by Gasteiger charge is 2.58. The first-order valence-electron chi connectivity index (χ1n) is 14.1. The minimum absolute atomic E-state index is 0.449. The van der Waals surface area contributed by atoms with Crippen molar-refractivity contribution in [1.29, 1.82) is 5.26 Å². The second-order valence-electron chi connectivity index (χ2n) is 12.5. The number of rotatable bonds is 7. The maximum Gasteiger partial charge on any atom is 0.162 e. The zero-order valence-corrected chi connectivity index (χ0v) is 21.6. The normalized spacial score (nSPS) is 42.3. The molecule has 1 aromatic heterocycles. The minimum Gasteiger partial charge on any atom is -0.387 e. The largest absolute Gasteiger partial charge is 0.387 e. The molecule has 1 unspecified atom stereocenters. The van der Waals surface area contributed by atoms with Crippen LogP contribution < -0.4 is 0 Å². The lowest BCUT2D eigenvalue weighted by atomic mass is 9.48. The predicted octanol–water partition coefficient (Wildman–Crippen LogP) is 5.82. The van der Waals surface area contributed by atoms with E-state index in [1.165, 1.54) is 51.4 Å². The Morgan fingerprint density at radius 2 is 1.97 bits per heavy atom. The van der Waals surface area contributed by atoms with E-state index in [0.29, 0.717) is 36.2 Å². The second-order valence-corrected chi connectivity index (χ2v) is 12.5. The summed E-state index contributed by atoms with van der Waals surface area (Å²) in [5.74, 6) is 5.53. The molecule has 1 aromatic rings. The Balaban J connectivity index is 1.27. The van der Waals surface area contributed by atoms with E-state index in [1.54, 1.807) is 0 Å². The molecule has 0 aromatic carbocycles. The third-order valence-corrected chi connectivity index (χ3v) is 11.0. The van der Waals surface area contributed by atoms with Crippen LogP contribution in [-0.2, 0) is 11.3 Å². The van der Waals surface area contributed by atoms with Crippen LogP contribution in [0.3, 0.4) is 0 Å². The topological polar surface area (TPSA) is 71.1 Å². The zero-order chi connectivity index (χ0) is 23.9. The van der Waals surface area contributed by atoms with Gasteiger partial charge in [-0.25, -0.2) is 0 Å². The van der Waals surface area contributed by atoms with Crippen molar-refractivity contribution in [3.05, 3.63) is 18.0 Å². The van der Waals surface area contributed by atoms with Crippen LogP contribution in [0.4, 0.5) is 0 Å². The van der Waals surface area contributed by atoms with E-state index in [0.717, 1.165) is 49.0 Å². The van der Waals surface area contributed by atoms with E-state index in [4.69, 9.17) is 10.00 Å². The molecule has 1 N–H and O–H groups in total. The zero-order valence-electron chi connectivity index (χ0n) is 21.6. The monoisotopic (exact) mass is 467 g/mol. The molecular formula is C29H45N3O2. The molecule has 34 heavy (non-hydrogen) atoms. The maximum atomic E-state index is 11.1. The molecule has 5 rings (SSSR count). The summed E-state index contributed by atoms with van der Waals surface area (Å²) in [7, 11) is 0. The molecule has 4 aliphatic rings. The van der Waals surface area contributed by atoms with Crippen LogP contribution in [-0.4, -0.2) is 33.7 Å². The van der Waals surface area contributed by atoms with Crippen LogP contribution in [0.15, 0.2) is 12.3 Å². The van der Waals surface area contributed by atoms with Crippen molar-refractivity contribution >= 4 is 0 Å². The molecule has 4 aliphatic carbocycles. The summed E-state index contributed by atoms with van der Waals surface area (Å²) in [6, 6.07) is 4.02. The molecule has 1 heterocycles. The van der Waals surface area contributed by atoms with Gasteiger partial charge in [0.1, 0.15) is 6.07 Å². The third kappa shape index (κ3) is 4.24. The van der Waals surface area contributed by atoms with E-state index in [-0.39, 0.29) is 0 Å². The minimum atomic E-state index is -0.585. The standard InChI is InChI=1S/C29H45N3O2/c1-4-20(18-32-15-12-22(17-30)31-32)26-8-9-27-25-7-6-21-16-29(33,19-34-5-2)14-11-23(21)24(25)10-13-28(26,27)3/h12,15,20-21,23-27,33H,4-11,13-14,16,18-19H2,1-3H3/t20?,21-,23+,24-,25-,26-,27+,28-,29-/m1/s1. The summed E-state index contributed by atoms with van der Waals surface area (Å²) >= 11 is 0. The molecule has 5 nitrogen and oxygen atoms in total. The van der Waals surface area contributed by atoms with Crippen molar-refractivity contribution in [2.24, 2.45) is 46.8 Å². The van der Waals surface area contributed by atoms with Gasteiger partial charge in [-0.15, -0.1) is 0 Å². The van der Waals surface area contributed by atoms with Crippen molar-refractivity contribution in [3.63, 3.8) is 0 Å². The van der Waals surface area contributed by atoms with Gasteiger partial charge in [0.05, 0.1) is 12.2 Å². The molecule has 0 bridgehead atoms. The van der Waals surface area contributed by atoms with Crippen LogP contribution in [0.2, 0.25) is 0 Å². The Morgan fingerprint density at radius 3 is 2.71 bits per heavy atom. The maximum absolute atomic E-state index is 11.1. The highest BCUT2D eigenvalue weighted by molar-refractivity contribution is 5.16. The van der Waals surface area contributed by atoms with Gasteiger partial charge >= 0.3 is 0 Å². The Morgan fingerprint density at radius 1 is 1.15 bits per heavy atom. The number of nitrogens with zero attached hydrogens (tertiary/aromatic N) is 3. The highest BCUT2D eigenvalue weighted by Crippen LogP contribution is 2.66. The number of aromatic nitrogens is 2. The van der Waals surface area contributed by atoms with E-state index in [2.05, 4.69) is 25.0 Å². The van der Waals surface area contributed by atoms with Crippen LogP contribution in [0.1, 0.15) is 90.7 Å². The molecular weight excluding hydrogens is 422 g/mol. The summed E-state index contributed by atoms with van der Waals surface area (Å²) in [6.07, 6.45) is 14.4. The second kappa shape index (κ2) is 9.58. The lowest BCUT2D eigenvalue weighted by molar-refractivity contribution is -0.130. The summed E-state index contributed by atoms with van der Waals surface area (Å²) in [5, 5.41) is 24.8. The number of aliphatic hydroxyl groups is 1. The first-order valence-corrected chi connectivity index (χ1v) is 14.1. The van der Waals surface area contributed by atoms with E-state index >= 15 is 0 Å².